The van der Waals surface area contributed by atoms with Crippen LogP contribution < -0.4 is 9.80 Å². The summed E-state index contributed by atoms with van der Waals surface area (Å²) in [4.78, 5) is 21.7. The summed E-state index contributed by atoms with van der Waals surface area (Å²) in [5, 5.41) is 8.75. The highest BCUT2D eigenvalue weighted by atomic mass is 19.4. The SMILES string of the molecule is O=C(O)CCC1CCN(c2cc(N3CCC3)nc(C(F)(F)F)n2)CC1. The Morgan fingerprint density at radius 3 is 2.12 bits per heavy atom. The fraction of sp³-hybridized carbons (Fsp3) is 0.688. The van der Waals surface area contributed by atoms with Gasteiger partial charge in [0, 0.05) is 38.7 Å². The highest BCUT2D eigenvalue weighted by Crippen LogP contribution is 2.33. The molecular formula is C16H21F3N4O2. The smallest absolute Gasteiger partial charge is 0.451 e. The van der Waals surface area contributed by atoms with E-state index in [-0.39, 0.29) is 6.42 Å². The maximum Gasteiger partial charge on any atom is 0.451 e. The predicted octanol–water partition coefficient (Wildman–Crippen LogP) is 2.79. The third kappa shape index (κ3) is 4.32. The Morgan fingerprint density at radius 1 is 1.12 bits per heavy atom. The van der Waals surface area contributed by atoms with E-state index < -0.39 is 18.0 Å². The lowest BCUT2D eigenvalue weighted by molar-refractivity contribution is -0.144. The van der Waals surface area contributed by atoms with Gasteiger partial charge in [-0.15, -0.1) is 0 Å². The zero-order valence-electron chi connectivity index (χ0n) is 13.8. The number of aliphatic carboxylic acids is 1. The highest BCUT2D eigenvalue weighted by Gasteiger charge is 2.37. The van der Waals surface area contributed by atoms with Gasteiger partial charge in [0.1, 0.15) is 11.6 Å². The van der Waals surface area contributed by atoms with Gasteiger partial charge in [-0.1, -0.05) is 0 Å². The van der Waals surface area contributed by atoms with Crippen LogP contribution in [0.15, 0.2) is 6.07 Å². The van der Waals surface area contributed by atoms with Crippen molar-refractivity contribution < 1.29 is 23.1 Å². The van der Waals surface area contributed by atoms with Crippen molar-refractivity contribution in [3.8, 4) is 0 Å². The maximum absolute atomic E-state index is 13.1. The number of carboxylic acids is 1. The Hall–Kier alpha value is -2.06. The monoisotopic (exact) mass is 358 g/mol. The molecule has 0 spiro atoms. The molecule has 0 amide bonds. The molecule has 0 radical (unpaired) electrons. The Kier molecular flexibility index (Phi) is 5.01. The minimum atomic E-state index is -4.57. The zero-order valence-corrected chi connectivity index (χ0v) is 13.8. The molecule has 9 heteroatoms. The summed E-state index contributed by atoms with van der Waals surface area (Å²) in [6.07, 6.45) is -1.35. The maximum atomic E-state index is 13.1. The van der Waals surface area contributed by atoms with Gasteiger partial charge in [-0.05, 0) is 31.6 Å². The molecule has 2 aliphatic heterocycles. The molecule has 25 heavy (non-hydrogen) atoms. The molecule has 3 heterocycles. The molecule has 0 unspecified atom stereocenters. The van der Waals surface area contributed by atoms with Gasteiger partial charge in [0.05, 0.1) is 0 Å². The van der Waals surface area contributed by atoms with E-state index in [1.54, 1.807) is 6.07 Å². The van der Waals surface area contributed by atoms with Crippen molar-refractivity contribution in [2.45, 2.75) is 38.3 Å². The third-order valence-corrected chi connectivity index (χ3v) is 4.84. The topological polar surface area (TPSA) is 69.6 Å². The molecule has 0 bridgehead atoms. The Labute approximate surface area is 143 Å². The first-order valence-corrected chi connectivity index (χ1v) is 8.51. The second-order valence-electron chi connectivity index (χ2n) is 6.61. The van der Waals surface area contributed by atoms with Crippen LogP contribution in [0.1, 0.15) is 37.9 Å². The standard InChI is InChI=1S/C16H21F3N4O2/c17-16(18,19)15-20-12(22-6-1-7-22)10-13(21-15)23-8-4-11(5-9-23)2-3-14(24)25/h10-11H,1-9H2,(H,24,25). The number of rotatable bonds is 5. The number of hydrogen-bond acceptors (Lipinski definition) is 5. The largest absolute Gasteiger partial charge is 0.481 e. The van der Waals surface area contributed by atoms with E-state index in [1.807, 2.05) is 9.80 Å². The molecule has 3 rings (SSSR count). The van der Waals surface area contributed by atoms with Crippen LogP contribution in [0.25, 0.3) is 0 Å². The molecule has 0 atom stereocenters. The lowest BCUT2D eigenvalue weighted by Crippen LogP contribution is -2.39. The van der Waals surface area contributed by atoms with Gasteiger partial charge in [0.15, 0.2) is 0 Å². The van der Waals surface area contributed by atoms with E-state index in [2.05, 4.69) is 9.97 Å². The summed E-state index contributed by atoms with van der Waals surface area (Å²) in [7, 11) is 0. The van der Waals surface area contributed by atoms with Crippen LogP contribution >= 0.6 is 0 Å². The van der Waals surface area contributed by atoms with Crippen LogP contribution in [0.3, 0.4) is 0 Å². The number of carboxylic acid groups (broad SMARTS) is 1. The van der Waals surface area contributed by atoms with Crippen molar-refractivity contribution in [2.24, 2.45) is 5.92 Å². The highest BCUT2D eigenvalue weighted by molar-refractivity contribution is 5.66. The van der Waals surface area contributed by atoms with Gasteiger partial charge >= 0.3 is 12.1 Å². The number of nitrogens with zero attached hydrogens (tertiary/aromatic N) is 4. The molecule has 0 saturated carbocycles. The summed E-state index contributed by atoms with van der Waals surface area (Å²) in [6.45, 7) is 2.59. The van der Waals surface area contributed by atoms with E-state index in [9.17, 15) is 18.0 Å². The van der Waals surface area contributed by atoms with Gasteiger partial charge < -0.3 is 14.9 Å². The number of hydrogen-bond donors (Lipinski definition) is 1. The second kappa shape index (κ2) is 7.05. The zero-order chi connectivity index (χ0) is 18.0. The minimum Gasteiger partial charge on any atom is -0.481 e. The predicted molar refractivity (Wildman–Crippen MR) is 85.7 cm³/mol. The summed E-state index contributed by atoms with van der Waals surface area (Å²) >= 11 is 0. The van der Waals surface area contributed by atoms with Crippen LogP contribution in [0.2, 0.25) is 0 Å². The molecule has 0 aliphatic carbocycles. The molecule has 0 aromatic carbocycles. The quantitative estimate of drug-likeness (QED) is 0.873. The number of carbonyl (C=O) groups is 1. The Bertz CT molecular complexity index is 626. The van der Waals surface area contributed by atoms with Gasteiger partial charge in [-0.2, -0.15) is 13.2 Å². The van der Waals surface area contributed by atoms with Crippen LogP contribution in [-0.4, -0.2) is 47.2 Å². The van der Waals surface area contributed by atoms with Gasteiger partial charge in [0.2, 0.25) is 5.82 Å². The number of aromatic nitrogens is 2. The summed E-state index contributed by atoms with van der Waals surface area (Å²) in [5.41, 5.74) is 0. The molecule has 1 aromatic rings. The number of piperidine rings is 1. The Balaban J connectivity index is 1.72. The summed E-state index contributed by atoms with van der Waals surface area (Å²) in [6, 6.07) is 1.63. The molecular weight excluding hydrogens is 337 g/mol. The van der Waals surface area contributed by atoms with Crippen LogP contribution in [0.4, 0.5) is 24.8 Å². The average molecular weight is 358 g/mol. The summed E-state index contributed by atoms with van der Waals surface area (Å²) < 4.78 is 39.4. The van der Waals surface area contributed by atoms with E-state index in [0.29, 0.717) is 50.2 Å². The van der Waals surface area contributed by atoms with Crippen molar-refractivity contribution >= 4 is 17.6 Å². The normalized spacial score (nSPS) is 19.0. The summed E-state index contributed by atoms with van der Waals surface area (Å²) in [5.74, 6) is -0.976. The first kappa shape index (κ1) is 17.8. The van der Waals surface area contributed by atoms with Gasteiger partial charge in [-0.3, -0.25) is 4.79 Å². The van der Waals surface area contributed by atoms with Crippen molar-refractivity contribution in [2.75, 3.05) is 36.0 Å². The third-order valence-electron chi connectivity index (χ3n) is 4.84. The van der Waals surface area contributed by atoms with Crippen molar-refractivity contribution in [1.29, 1.82) is 0 Å². The number of halogens is 3. The fourth-order valence-electron chi connectivity index (χ4n) is 3.20. The van der Waals surface area contributed by atoms with Crippen LogP contribution in [0, 0.1) is 5.92 Å². The first-order valence-electron chi connectivity index (χ1n) is 8.51. The molecule has 138 valence electrons. The van der Waals surface area contributed by atoms with Crippen molar-refractivity contribution in [1.82, 2.24) is 9.97 Å². The molecule has 2 saturated heterocycles. The van der Waals surface area contributed by atoms with Crippen molar-refractivity contribution in [3.05, 3.63) is 11.9 Å². The van der Waals surface area contributed by atoms with E-state index in [1.165, 1.54) is 0 Å². The Morgan fingerprint density at radius 2 is 1.68 bits per heavy atom. The van der Waals surface area contributed by atoms with Crippen molar-refractivity contribution in [3.63, 3.8) is 0 Å². The minimum absolute atomic E-state index is 0.134. The van der Waals surface area contributed by atoms with Gasteiger partial charge in [0.25, 0.3) is 0 Å². The number of alkyl halides is 3. The van der Waals surface area contributed by atoms with E-state index in [4.69, 9.17) is 5.11 Å². The van der Waals surface area contributed by atoms with E-state index >= 15 is 0 Å². The molecule has 6 nitrogen and oxygen atoms in total. The number of anilines is 2. The van der Waals surface area contributed by atoms with Crippen LogP contribution in [0.5, 0.6) is 0 Å². The molecule has 2 fully saturated rings. The van der Waals surface area contributed by atoms with E-state index in [0.717, 1.165) is 19.3 Å². The lowest BCUT2D eigenvalue weighted by Gasteiger charge is -2.35. The first-order chi connectivity index (χ1) is 11.8. The molecule has 1 aromatic heterocycles. The molecule has 1 N–H and O–H groups in total. The van der Waals surface area contributed by atoms with Gasteiger partial charge in [-0.25, -0.2) is 9.97 Å². The van der Waals surface area contributed by atoms with Crippen LogP contribution in [-0.2, 0) is 11.0 Å². The average Bonchev–Trinajstić information content (AvgIpc) is 2.50. The lowest BCUT2D eigenvalue weighted by atomic mass is 9.92. The second-order valence-corrected chi connectivity index (χ2v) is 6.61. The fourth-order valence-corrected chi connectivity index (χ4v) is 3.20. The molecule has 2 aliphatic rings.